The van der Waals surface area contributed by atoms with Crippen LogP contribution >= 0.6 is 46.0 Å². The smallest absolute Gasteiger partial charge is 0.288 e. The lowest BCUT2D eigenvalue weighted by atomic mass is 10.1. The number of halogens is 3. The van der Waals surface area contributed by atoms with Gasteiger partial charge in [-0.1, -0.05) is 23.4 Å². The molecule has 3 aromatic rings. The number of thiazole rings is 1. The van der Waals surface area contributed by atoms with Gasteiger partial charge in [0.25, 0.3) is 5.76 Å². The lowest BCUT2D eigenvalue weighted by molar-refractivity contribution is 0.0980. The van der Waals surface area contributed by atoms with Crippen molar-refractivity contribution in [2.75, 3.05) is 0 Å². The van der Waals surface area contributed by atoms with Crippen molar-refractivity contribution < 1.29 is 13.6 Å². The van der Waals surface area contributed by atoms with Crippen LogP contribution < -0.4 is 0 Å². The summed E-state index contributed by atoms with van der Waals surface area (Å²) in [6.07, 6.45) is 0. The third kappa shape index (κ3) is 3.44. The van der Waals surface area contributed by atoms with Crippen molar-refractivity contribution in [1.29, 1.82) is 5.26 Å². The molecule has 24 heavy (non-hydrogen) atoms. The van der Waals surface area contributed by atoms with E-state index in [-0.39, 0.29) is 9.77 Å². The average Bonchev–Trinajstić information content (AvgIpc) is 3.13. The zero-order valence-corrected chi connectivity index (χ0v) is 14.9. The van der Waals surface area contributed by atoms with Crippen LogP contribution in [0, 0.1) is 11.3 Å². The standard InChI is InChI=1S/C15H7ClF2N2OS3/c16-7-1-2-10-9(5-7)20-14(23-10)8(6-19)12(21)13-11(3-4-22-13)24-15(17)18/h1-5,8,15H. The summed E-state index contributed by atoms with van der Waals surface area (Å²) in [5.41, 5.74) is 0.601. The fraction of sp³-hybridized carbons (Fsp3) is 0.133. The van der Waals surface area contributed by atoms with Gasteiger partial charge in [0.15, 0.2) is 11.7 Å². The van der Waals surface area contributed by atoms with E-state index in [0.29, 0.717) is 27.3 Å². The van der Waals surface area contributed by atoms with Crippen molar-refractivity contribution >= 4 is 62.0 Å². The summed E-state index contributed by atoms with van der Waals surface area (Å²) in [5, 5.41) is 11.8. The molecule has 0 bridgehead atoms. The molecule has 0 N–H and O–H groups in total. The summed E-state index contributed by atoms with van der Waals surface area (Å²) in [6.45, 7) is 0. The molecule has 0 amide bonds. The molecule has 0 aliphatic carbocycles. The van der Waals surface area contributed by atoms with Crippen molar-refractivity contribution in [3.05, 3.63) is 44.6 Å². The number of hydrogen-bond donors (Lipinski definition) is 0. The van der Waals surface area contributed by atoms with Crippen LogP contribution in [0.25, 0.3) is 10.2 Å². The molecule has 0 saturated heterocycles. The Morgan fingerprint density at radius 1 is 1.38 bits per heavy atom. The Labute approximate surface area is 152 Å². The number of nitriles is 1. The number of benzene rings is 1. The number of rotatable bonds is 5. The van der Waals surface area contributed by atoms with Gasteiger partial charge in [0.05, 0.1) is 21.2 Å². The Balaban J connectivity index is 1.97. The maximum Gasteiger partial charge on any atom is 0.288 e. The highest BCUT2D eigenvalue weighted by Crippen LogP contribution is 2.37. The molecular weight excluding hydrogens is 394 g/mol. The van der Waals surface area contributed by atoms with Crippen molar-refractivity contribution in [3.63, 3.8) is 0 Å². The zero-order valence-electron chi connectivity index (χ0n) is 11.7. The highest BCUT2D eigenvalue weighted by molar-refractivity contribution is 7.99. The molecule has 0 radical (unpaired) electrons. The second-order valence-electron chi connectivity index (χ2n) is 4.58. The Morgan fingerprint density at radius 3 is 2.88 bits per heavy atom. The van der Waals surface area contributed by atoms with E-state index in [1.54, 1.807) is 23.6 Å². The SMILES string of the molecule is N#CC(C(=O)c1sccc1SC(F)F)c1nc2cc(Cl)ccc2s1. The maximum absolute atomic E-state index is 12.7. The van der Waals surface area contributed by atoms with Gasteiger partial charge in [-0.2, -0.15) is 14.0 Å². The summed E-state index contributed by atoms with van der Waals surface area (Å²) in [4.78, 5) is 17.3. The predicted octanol–water partition coefficient (Wildman–Crippen LogP) is 5.82. The molecule has 1 aromatic carbocycles. The fourth-order valence-corrected chi connectivity index (χ4v) is 4.90. The van der Waals surface area contributed by atoms with E-state index in [4.69, 9.17) is 11.6 Å². The second kappa shape index (κ2) is 7.15. The molecule has 2 aromatic heterocycles. The number of Topliss-reactive ketones (excluding diaryl/α,β-unsaturated/α-hetero) is 1. The van der Waals surface area contributed by atoms with Crippen LogP contribution in [0.3, 0.4) is 0 Å². The van der Waals surface area contributed by atoms with Crippen LogP contribution in [0.4, 0.5) is 8.78 Å². The molecule has 1 unspecified atom stereocenters. The molecule has 0 saturated carbocycles. The lowest BCUT2D eigenvalue weighted by Gasteiger charge is -2.05. The van der Waals surface area contributed by atoms with Gasteiger partial charge in [0.2, 0.25) is 0 Å². The highest BCUT2D eigenvalue weighted by Gasteiger charge is 2.29. The number of carbonyl (C=O) groups excluding carboxylic acids is 1. The highest BCUT2D eigenvalue weighted by atomic mass is 35.5. The number of alkyl halides is 2. The number of hydrogen-bond acceptors (Lipinski definition) is 6. The van der Waals surface area contributed by atoms with Crippen molar-refractivity contribution in [2.45, 2.75) is 16.6 Å². The number of thiophene rings is 1. The first kappa shape index (κ1) is 17.3. The number of aromatic nitrogens is 1. The number of fused-ring (bicyclic) bond motifs is 1. The minimum absolute atomic E-state index is 0.157. The quantitative estimate of drug-likeness (QED) is 0.400. The molecule has 2 heterocycles. The summed E-state index contributed by atoms with van der Waals surface area (Å²) < 4.78 is 26.0. The van der Waals surface area contributed by atoms with Crippen LogP contribution in [-0.2, 0) is 0 Å². The molecule has 3 nitrogen and oxygen atoms in total. The first-order valence-electron chi connectivity index (χ1n) is 6.51. The number of nitrogens with zero attached hydrogens (tertiary/aromatic N) is 2. The topological polar surface area (TPSA) is 53.8 Å². The average molecular weight is 401 g/mol. The summed E-state index contributed by atoms with van der Waals surface area (Å²) in [7, 11) is 0. The summed E-state index contributed by atoms with van der Waals surface area (Å²) >= 11 is 8.49. The minimum atomic E-state index is -2.63. The first-order valence-corrected chi connectivity index (χ1v) is 9.47. The largest absolute Gasteiger partial charge is 0.291 e. The Hall–Kier alpha value is -1.53. The fourth-order valence-electron chi connectivity index (χ4n) is 2.06. The van der Waals surface area contributed by atoms with Gasteiger partial charge < -0.3 is 0 Å². The van der Waals surface area contributed by atoms with Gasteiger partial charge in [0.1, 0.15) is 5.01 Å². The van der Waals surface area contributed by atoms with E-state index in [9.17, 15) is 18.8 Å². The molecule has 9 heteroatoms. The molecule has 3 rings (SSSR count). The predicted molar refractivity (Wildman–Crippen MR) is 93.5 cm³/mol. The van der Waals surface area contributed by atoms with Crippen LogP contribution in [0.5, 0.6) is 0 Å². The Morgan fingerprint density at radius 2 is 2.17 bits per heavy atom. The molecule has 0 spiro atoms. The molecule has 1 atom stereocenters. The number of thioether (sulfide) groups is 1. The Kier molecular flexibility index (Phi) is 5.15. The minimum Gasteiger partial charge on any atom is -0.291 e. The van der Waals surface area contributed by atoms with Gasteiger partial charge in [-0.3, -0.25) is 4.79 Å². The second-order valence-corrected chi connectivity index (χ2v) is 8.03. The van der Waals surface area contributed by atoms with Gasteiger partial charge in [-0.05, 0) is 29.6 Å². The van der Waals surface area contributed by atoms with E-state index >= 15 is 0 Å². The maximum atomic E-state index is 12.7. The van der Waals surface area contributed by atoms with Crippen molar-refractivity contribution in [2.24, 2.45) is 0 Å². The van der Waals surface area contributed by atoms with Gasteiger partial charge in [0, 0.05) is 9.92 Å². The molecule has 0 aliphatic heterocycles. The zero-order chi connectivity index (χ0) is 17.3. The van der Waals surface area contributed by atoms with Crippen LogP contribution in [0.2, 0.25) is 5.02 Å². The molecule has 0 fully saturated rings. The summed E-state index contributed by atoms with van der Waals surface area (Å²) in [5.74, 6) is -4.27. The van der Waals surface area contributed by atoms with E-state index in [1.165, 1.54) is 17.4 Å². The summed E-state index contributed by atoms with van der Waals surface area (Å²) in [6, 6.07) is 8.51. The normalized spacial score (nSPS) is 12.5. The van der Waals surface area contributed by atoms with E-state index < -0.39 is 17.5 Å². The van der Waals surface area contributed by atoms with Crippen LogP contribution in [0.1, 0.15) is 20.6 Å². The third-order valence-electron chi connectivity index (χ3n) is 3.07. The van der Waals surface area contributed by atoms with Crippen LogP contribution in [0.15, 0.2) is 34.5 Å². The van der Waals surface area contributed by atoms with Crippen LogP contribution in [-0.4, -0.2) is 16.5 Å². The third-order valence-corrected chi connectivity index (χ3v) is 6.24. The van der Waals surface area contributed by atoms with Crippen molar-refractivity contribution in [3.8, 4) is 6.07 Å². The molecular formula is C15H7ClF2N2OS3. The number of carbonyl (C=O) groups is 1. The Bertz CT molecular complexity index is 948. The van der Waals surface area contributed by atoms with Crippen molar-refractivity contribution in [1.82, 2.24) is 4.98 Å². The first-order chi connectivity index (χ1) is 11.5. The van der Waals surface area contributed by atoms with Gasteiger partial charge in [-0.15, -0.1) is 22.7 Å². The van der Waals surface area contributed by atoms with Gasteiger partial charge >= 0.3 is 0 Å². The van der Waals surface area contributed by atoms with E-state index in [1.807, 2.05) is 6.07 Å². The van der Waals surface area contributed by atoms with E-state index in [2.05, 4.69) is 4.98 Å². The molecule has 122 valence electrons. The number of ketones is 1. The lowest BCUT2D eigenvalue weighted by Crippen LogP contribution is -2.10. The van der Waals surface area contributed by atoms with Gasteiger partial charge in [-0.25, -0.2) is 4.98 Å². The molecule has 0 aliphatic rings. The monoisotopic (exact) mass is 400 g/mol. The van der Waals surface area contributed by atoms with E-state index in [0.717, 1.165) is 16.0 Å².